The first-order valence-corrected chi connectivity index (χ1v) is 3.64. The van der Waals surface area contributed by atoms with Gasteiger partial charge in [0.2, 0.25) is 0 Å². The van der Waals surface area contributed by atoms with Gasteiger partial charge in [0, 0.05) is 11.6 Å². The summed E-state index contributed by atoms with van der Waals surface area (Å²) < 4.78 is 38.8. The van der Waals surface area contributed by atoms with E-state index in [1.165, 1.54) is 0 Å². The highest BCUT2D eigenvalue weighted by Crippen LogP contribution is 2.23. The van der Waals surface area contributed by atoms with E-state index in [-0.39, 0.29) is 5.56 Å². The molecule has 1 aromatic carbocycles. The minimum absolute atomic E-state index is 0.379. The lowest BCUT2D eigenvalue weighted by Gasteiger charge is -2.07. The molecule has 0 radical (unpaired) electrons. The molecule has 1 rings (SSSR count). The Morgan fingerprint density at radius 1 is 1.36 bits per heavy atom. The standard InChI is InChI=1S/C8H7F3N2O/c1-3-4(9)2-5(10)7(6(3)11)13-8(12)14/h2H,1H3,(H3,12,13,14). The molecule has 0 spiro atoms. The third-order valence-corrected chi connectivity index (χ3v) is 1.65. The number of rotatable bonds is 1. The van der Waals surface area contributed by atoms with Crippen LogP contribution in [-0.2, 0) is 0 Å². The Labute approximate surface area is 77.7 Å². The first-order valence-electron chi connectivity index (χ1n) is 3.64. The van der Waals surface area contributed by atoms with E-state index < -0.39 is 29.2 Å². The van der Waals surface area contributed by atoms with Crippen LogP contribution < -0.4 is 11.1 Å². The van der Waals surface area contributed by atoms with Crippen molar-refractivity contribution in [3.05, 3.63) is 29.1 Å². The molecular formula is C8H7F3N2O. The third-order valence-electron chi connectivity index (χ3n) is 1.65. The van der Waals surface area contributed by atoms with E-state index in [1.54, 1.807) is 5.32 Å². The van der Waals surface area contributed by atoms with Crippen LogP contribution in [-0.4, -0.2) is 6.03 Å². The van der Waals surface area contributed by atoms with Gasteiger partial charge in [-0.05, 0) is 6.92 Å². The smallest absolute Gasteiger partial charge is 0.316 e. The number of primary amides is 1. The maximum Gasteiger partial charge on any atom is 0.316 e. The van der Waals surface area contributed by atoms with E-state index in [1.807, 2.05) is 0 Å². The van der Waals surface area contributed by atoms with Gasteiger partial charge in [-0.15, -0.1) is 0 Å². The van der Waals surface area contributed by atoms with Crippen molar-refractivity contribution in [3.8, 4) is 0 Å². The second kappa shape index (κ2) is 3.57. The Bertz CT molecular complexity index is 393. The van der Waals surface area contributed by atoms with Gasteiger partial charge in [-0.3, -0.25) is 0 Å². The highest BCUT2D eigenvalue weighted by Gasteiger charge is 2.16. The van der Waals surface area contributed by atoms with Crippen LogP contribution >= 0.6 is 0 Å². The zero-order chi connectivity index (χ0) is 10.9. The minimum Gasteiger partial charge on any atom is -0.351 e. The molecule has 0 aliphatic rings. The van der Waals surface area contributed by atoms with Crippen LogP contribution in [0.3, 0.4) is 0 Å². The second-order valence-corrected chi connectivity index (χ2v) is 2.64. The number of carbonyl (C=O) groups excluding carboxylic acids is 1. The maximum atomic E-state index is 13.1. The molecule has 0 aromatic heterocycles. The molecule has 0 saturated carbocycles. The second-order valence-electron chi connectivity index (χ2n) is 2.64. The van der Waals surface area contributed by atoms with E-state index in [0.717, 1.165) is 6.92 Å². The Morgan fingerprint density at radius 3 is 2.43 bits per heavy atom. The summed E-state index contributed by atoms with van der Waals surface area (Å²) in [5, 5.41) is 1.73. The van der Waals surface area contributed by atoms with Crippen molar-refractivity contribution >= 4 is 11.7 Å². The van der Waals surface area contributed by atoms with Crippen LogP contribution in [0.2, 0.25) is 0 Å². The molecule has 3 nitrogen and oxygen atoms in total. The van der Waals surface area contributed by atoms with Crippen LogP contribution in [0.25, 0.3) is 0 Å². The fraction of sp³-hybridized carbons (Fsp3) is 0.125. The van der Waals surface area contributed by atoms with Crippen molar-refractivity contribution in [2.24, 2.45) is 5.73 Å². The summed E-state index contributed by atoms with van der Waals surface area (Å²) in [5.41, 5.74) is 3.55. The molecule has 0 aliphatic carbocycles. The predicted octanol–water partition coefficient (Wildman–Crippen LogP) is 1.90. The zero-order valence-electron chi connectivity index (χ0n) is 7.20. The predicted molar refractivity (Wildman–Crippen MR) is 44.3 cm³/mol. The monoisotopic (exact) mass is 204 g/mol. The zero-order valence-corrected chi connectivity index (χ0v) is 7.20. The maximum absolute atomic E-state index is 13.1. The van der Waals surface area contributed by atoms with Crippen LogP contribution in [0.15, 0.2) is 6.07 Å². The van der Waals surface area contributed by atoms with Gasteiger partial charge in [-0.2, -0.15) is 0 Å². The lowest BCUT2D eigenvalue weighted by Crippen LogP contribution is -2.21. The molecule has 3 N–H and O–H groups in total. The van der Waals surface area contributed by atoms with Crippen molar-refractivity contribution in [2.45, 2.75) is 6.92 Å². The Morgan fingerprint density at radius 2 is 1.93 bits per heavy atom. The van der Waals surface area contributed by atoms with Crippen LogP contribution in [0.4, 0.5) is 23.7 Å². The van der Waals surface area contributed by atoms with Gasteiger partial charge < -0.3 is 11.1 Å². The topological polar surface area (TPSA) is 55.1 Å². The van der Waals surface area contributed by atoms with Gasteiger partial charge >= 0.3 is 6.03 Å². The summed E-state index contributed by atoms with van der Waals surface area (Å²) in [6.07, 6.45) is 0. The summed E-state index contributed by atoms with van der Waals surface area (Å²) in [6.45, 7) is 1.12. The molecule has 6 heteroatoms. The fourth-order valence-corrected chi connectivity index (χ4v) is 0.927. The largest absolute Gasteiger partial charge is 0.351 e. The number of hydrogen-bond donors (Lipinski definition) is 2. The van der Waals surface area contributed by atoms with Crippen LogP contribution in [0.5, 0.6) is 0 Å². The van der Waals surface area contributed by atoms with Crippen LogP contribution in [0, 0.1) is 24.4 Å². The highest BCUT2D eigenvalue weighted by atomic mass is 19.1. The van der Waals surface area contributed by atoms with E-state index in [0.29, 0.717) is 6.07 Å². The molecular weight excluding hydrogens is 197 g/mol. The quantitative estimate of drug-likeness (QED) is 0.721. The number of halogens is 3. The van der Waals surface area contributed by atoms with Crippen molar-refractivity contribution in [3.63, 3.8) is 0 Å². The van der Waals surface area contributed by atoms with Gasteiger partial charge in [0.15, 0.2) is 11.6 Å². The molecule has 2 amide bonds. The normalized spacial score (nSPS) is 10.0. The SMILES string of the molecule is Cc1c(F)cc(F)c(NC(N)=O)c1F. The van der Waals surface area contributed by atoms with Gasteiger partial charge in [0.05, 0.1) is 0 Å². The molecule has 76 valence electrons. The molecule has 1 aromatic rings. The van der Waals surface area contributed by atoms with E-state index >= 15 is 0 Å². The lowest BCUT2D eigenvalue weighted by atomic mass is 10.2. The molecule has 0 unspecified atom stereocenters. The molecule has 0 heterocycles. The number of benzene rings is 1. The molecule has 0 saturated heterocycles. The average Bonchev–Trinajstić information content (AvgIpc) is 2.09. The van der Waals surface area contributed by atoms with Crippen molar-refractivity contribution in [1.82, 2.24) is 0 Å². The van der Waals surface area contributed by atoms with Gasteiger partial charge in [0.1, 0.15) is 11.5 Å². The van der Waals surface area contributed by atoms with Gasteiger partial charge in [-0.25, -0.2) is 18.0 Å². The van der Waals surface area contributed by atoms with Gasteiger partial charge in [0.25, 0.3) is 0 Å². The summed E-state index contributed by atoms with van der Waals surface area (Å²) in [5.74, 6) is -3.39. The van der Waals surface area contributed by atoms with Crippen molar-refractivity contribution < 1.29 is 18.0 Å². The van der Waals surface area contributed by atoms with Crippen LogP contribution in [0.1, 0.15) is 5.56 Å². The summed E-state index contributed by atoms with van der Waals surface area (Å²) in [6, 6.07) is -0.641. The number of anilines is 1. The first kappa shape index (κ1) is 10.4. The molecule has 0 aliphatic heterocycles. The number of hydrogen-bond acceptors (Lipinski definition) is 1. The minimum atomic E-state index is -1.20. The number of urea groups is 1. The van der Waals surface area contributed by atoms with E-state index in [2.05, 4.69) is 5.73 Å². The Kier molecular flexibility index (Phi) is 2.64. The van der Waals surface area contributed by atoms with E-state index in [4.69, 9.17) is 0 Å². The number of nitrogens with two attached hydrogens (primary N) is 1. The average molecular weight is 204 g/mol. The Hall–Kier alpha value is -1.72. The fourth-order valence-electron chi connectivity index (χ4n) is 0.927. The number of carbonyl (C=O) groups is 1. The van der Waals surface area contributed by atoms with Crippen molar-refractivity contribution in [1.29, 1.82) is 0 Å². The van der Waals surface area contributed by atoms with E-state index in [9.17, 15) is 18.0 Å². The highest BCUT2D eigenvalue weighted by molar-refractivity contribution is 5.88. The number of nitrogens with one attached hydrogen (secondary N) is 1. The van der Waals surface area contributed by atoms with Crippen molar-refractivity contribution in [2.75, 3.05) is 5.32 Å². The summed E-state index contributed by atoms with van der Waals surface area (Å²) in [7, 11) is 0. The lowest BCUT2D eigenvalue weighted by molar-refractivity contribution is 0.259. The molecule has 14 heavy (non-hydrogen) atoms. The molecule has 0 fully saturated rings. The third kappa shape index (κ3) is 1.78. The Balaban J connectivity index is 3.29. The first-order chi connectivity index (χ1) is 6.43. The summed E-state index contributed by atoms with van der Waals surface area (Å²) in [4.78, 5) is 10.4. The van der Waals surface area contributed by atoms with Gasteiger partial charge in [-0.1, -0.05) is 0 Å². The molecule has 0 bridgehead atoms. The summed E-state index contributed by atoms with van der Waals surface area (Å²) >= 11 is 0. The molecule has 0 atom stereocenters. The number of amides is 2.